The minimum atomic E-state index is -0.273. The van der Waals surface area contributed by atoms with Crippen molar-refractivity contribution in [1.82, 2.24) is 15.2 Å². The molecule has 7 nitrogen and oxygen atoms in total. The molecule has 1 aromatic heterocycles. The first-order valence-corrected chi connectivity index (χ1v) is 10.9. The van der Waals surface area contributed by atoms with E-state index in [0.29, 0.717) is 24.6 Å². The minimum absolute atomic E-state index is 0.122. The number of amides is 3. The number of benzene rings is 2. The van der Waals surface area contributed by atoms with Gasteiger partial charge in [0.1, 0.15) is 17.2 Å². The van der Waals surface area contributed by atoms with Crippen LogP contribution in [0.15, 0.2) is 60.8 Å². The average molecular weight is 528 g/mol. The molecule has 158 valence electrons. The van der Waals surface area contributed by atoms with Crippen molar-refractivity contribution in [3.8, 4) is 11.5 Å². The summed E-state index contributed by atoms with van der Waals surface area (Å²) < 4.78 is 7.01. The fourth-order valence-corrected chi connectivity index (χ4v) is 3.95. The summed E-state index contributed by atoms with van der Waals surface area (Å²) in [6.07, 6.45) is 2.32. The van der Waals surface area contributed by atoms with Crippen LogP contribution in [0.25, 0.3) is 0 Å². The van der Waals surface area contributed by atoms with Gasteiger partial charge in [-0.05, 0) is 76.5 Å². The Morgan fingerprint density at radius 2 is 1.90 bits per heavy atom. The molecule has 8 heteroatoms. The highest BCUT2D eigenvalue weighted by atomic mass is 127. The number of nitrogens with zero attached hydrogens (tertiary/aromatic N) is 2. The average Bonchev–Trinajstić information content (AvgIpc) is 2.78. The molecule has 0 saturated heterocycles. The van der Waals surface area contributed by atoms with Gasteiger partial charge in [0, 0.05) is 41.7 Å². The molecule has 2 aromatic carbocycles. The smallest absolute Gasteiger partial charge is 0.322 e. The third-order valence-electron chi connectivity index (χ3n) is 4.98. The van der Waals surface area contributed by atoms with E-state index in [1.165, 1.54) is 11.8 Å². The second-order valence-electron chi connectivity index (χ2n) is 7.10. The molecule has 0 aliphatic carbocycles. The van der Waals surface area contributed by atoms with Crippen LogP contribution in [0.3, 0.4) is 0 Å². The van der Waals surface area contributed by atoms with Crippen LogP contribution in [-0.2, 0) is 13.0 Å². The summed E-state index contributed by atoms with van der Waals surface area (Å²) in [5.41, 5.74) is 3.31. The van der Waals surface area contributed by atoms with E-state index < -0.39 is 0 Å². The van der Waals surface area contributed by atoms with Crippen molar-refractivity contribution in [2.24, 2.45) is 0 Å². The maximum absolute atomic E-state index is 12.7. The number of hydrogen-bond donors (Lipinski definition) is 2. The maximum atomic E-state index is 12.7. The minimum Gasteiger partial charge on any atom is -0.457 e. The monoisotopic (exact) mass is 528 g/mol. The van der Waals surface area contributed by atoms with Gasteiger partial charge >= 0.3 is 6.03 Å². The van der Waals surface area contributed by atoms with Crippen LogP contribution in [-0.4, -0.2) is 35.4 Å². The standard InChI is InChI=1S/C23H21IN4O3/c1-25-22(29)21-13-20(7-9-26-21)31-19-6-5-15-8-10-28(14-16(15)11-19)23(30)27-18-4-2-3-17(24)12-18/h2-7,9,11-13H,8,10,14H2,1H3,(H,25,29)(H,27,30). The molecule has 0 fully saturated rings. The Bertz CT molecular complexity index is 1140. The number of carbonyl (C=O) groups is 2. The molecule has 0 radical (unpaired) electrons. The fourth-order valence-electron chi connectivity index (χ4n) is 3.40. The third-order valence-corrected chi connectivity index (χ3v) is 5.65. The topological polar surface area (TPSA) is 83.6 Å². The van der Waals surface area contributed by atoms with E-state index in [2.05, 4.69) is 38.2 Å². The van der Waals surface area contributed by atoms with Crippen molar-refractivity contribution in [2.75, 3.05) is 18.9 Å². The Labute approximate surface area is 194 Å². The number of hydrogen-bond acceptors (Lipinski definition) is 4. The molecule has 3 aromatic rings. The normalized spacial score (nSPS) is 12.6. The first kappa shape index (κ1) is 21.1. The number of rotatable bonds is 4. The predicted octanol–water partition coefficient (Wildman–Crippen LogP) is 4.43. The van der Waals surface area contributed by atoms with Crippen molar-refractivity contribution in [3.05, 3.63) is 81.2 Å². The lowest BCUT2D eigenvalue weighted by atomic mass is 10.00. The molecule has 31 heavy (non-hydrogen) atoms. The van der Waals surface area contributed by atoms with E-state index in [1.54, 1.807) is 24.1 Å². The van der Waals surface area contributed by atoms with Crippen LogP contribution in [0.2, 0.25) is 0 Å². The molecular weight excluding hydrogens is 507 g/mol. The van der Waals surface area contributed by atoms with Gasteiger partial charge in [0.05, 0.1) is 0 Å². The Balaban J connectivity index is 1.46. The molecule has 0 unspecified atom stereocenters. The molecular formula is C23H21IN4O3. The predicted molar refractivity (Wildman–Crippen MR) is 126 cm³/mol. The summed E-state index contributed by atoms with van der Waals surface area (Å²) in [7, 11) is 1.56. The van der Waals surface area contributed by atoms with Gasteiger partial charge in [-0.25, -0.2) is 4.79 Å². The number of urea groups is 1. The first-order chi connectivity index (χ1) is 15.0. The zero-order valence-electron chi connectivity index (χ0n) is 16.9. The fraction of sp³-hybridized carbons (Fsp3) is 0.174. The number of halogens is 1. The molecule has 0 atom stereocenters. The Kier molecular flexibility index (Phi) is 6.36. The van der Waals surface area contributed by atoms with Crippen molar-refractivity contribution in [1.29, 1.82) is 0 Å². The number of fused-ring (bicyclic) bond motifs is 1. The van der Waals surface area contributed by atoms with Gasteiger partial charge in [-0.3, -0.25) is 9.78 Å². The van der Waals surface area contributed by atoms with Gasteiger partial charge in [0.2, 0.25) is 0 Å². The van der Waals surface area contributed by atoms with Crippen LogP contribution >= 0.6 is 22.6 Å². The zero-order chi connectivity index (χ0) is 21.8. The molecule has 2 heterocycles. The van der Waals surface area contributed by atoms with Gasteiger partial charge in [-0.2, -0.15) is 0 Å². The number of ether oxygens (including phenoxy) is 1. The van der Waals surface area contributed by atoms with E-state index in [-0.39, 0.29) is 17.6 Å². The SMILES string of the molecule is CNC(=O)c1cc(Oc2ccc3c(c2)CN(C(=O)Nc2cccc(I)c2)CC3)ccn1. The molecule has 0 saturated carbocycles. The van der Waals surface area contributed by atoms with Crippen LogP contribution in [0, 0.1) is 3.57 Å². The van der Waals surface area contributed by atoms with Crippen molar-refractivity contribution >= 4 is 40.2 Å². The molecule has 1 aliphatic heterocycles. The lowest BCUT2D eigenvalue weighted by molar-refractivity contribution is 0.0958. The third kappa shape index (κ3) is 5.13. The number of nitrogens with one attached hydrogen (secondary N) is 2. The van der Waals surface area contributed by atoms with Crippen LogP contribution in [0.1, 0.15) is 21.6 Å². The summed E-state index contributed by atoms with van der Waals surface area (Å²) in [4.78, 5) is 30.4. The zero-order valence-corrected chi connectivity index (χ0v) is 19.0. The largest absolute Gasteiger partial charge is 0.457 e. The number of anilines is 1. The van der Waals surface area contributed by atoms with E-state index in [9.17, 15) is 9.59 Å². The molecule has 0 spiro atoms. The van der Waals surface area contributed by atoms with Crippen molar-refractivity contribution in [2.45, 2.75) is 13.0 Å². The highest BCUT2D eigenvalue weighted by Gasteiger charge is 2.21. The number of carbonyl (C=O) groups excluding carboxylic acids is 2. The maximum Gasteiger partial charge on any atom is 0.322 e. The Morgan fingerprint density at radius 1 is 1.06 bits per heavy atom. The molecule has 0 bridgehead atoms. The van der Waals surface area contributed by atoms with Crippen LogP contribution in [0.5, 0.6) is 11.5 Å². The van der Waals surface area contributed by atoms with E-state index in [0.717, 1.165) is 21.2 Å². The summed E-state index contributed by atoms with van der Waals surface area (Å²) in [6, 6.07) is 16.8. The number of aromatic nitrogens is 1. The van der Waals surface area contributed by atoms with E-state index in [1.807, 2.05) is 42.5 Å². The van der Waals surface area contributed by atoms with Gasteiger partial charge < -0.3 is 20.3 Å². The van der Waals surface area contributed by atoms with Gasteiger partial charge in [0.25, 0.3) is 5.91 Å². The Morgan fingerprint density at radius 3 is 2.71 bits per heavy atom. The van der Waals surface area contributed by atoms with Crippen molar-refractivity contribution < 1.29 is 14.3 Å². The second-order valence-corrected chi connectivity index (χ2v) is 8.35. The Hall–Kier alpha value is -3.14. The van der Waals surface area contributed by atoms with Crippen LogP contribution in [0.4, 0.5) is 10.5 Å². The van der Waals surface area contributed by atoms with E-state index in [4.69, 9.17) is 4.74 Å². The highest BCUT2D eigenvalue weighted by Crippen LogP contribution is 2.28. The molecule has 4 rings (SSSR count). The van der Waals surface area contributed by atoms with Crippen molar-refractivity contribution in [3.63, 3.8) is 0 Å². The molecule has 3 amide bonds. The quantitative estimate of drug-likeness (QED) is 0.491. The summed E-state index contributed by atoms with van der Waals surface area (Å²) in [6.45, 7) is 1.16. The molecule has 1 aliphatic rings. The van der Waals surface area contributed by atoms with Gasteiger partial charge in [-0.1, -0.05) is 12.1 Å². The van der Waals surface area contributed by atoms with Gasteiger partial charge in [0.15, 0.2) is 0 Å². The lowest BCUT2D eigenvalue weighted by Gasteiger charge is -2.29. The summed E-state index contributed by atoms with van der Waals surface area (Å²) in [5, 5.41) is 5.51. The lowest BCUT2D eigenvalue weighted by Crippen LogP contribution is -2.38. The van der Waals surface area contributed by atoms with Crippen LogP contribution < -0.4 is 15.4 Å². The van der Waals surface area contributed by atoms with E-state index >= 15 is 0 Å². The highest BCUT2D eigenvalue weighted by molar-refractivity contribution is 14.1. The summed E-state index contributed by atoms with van der Waals surface area (Å²) >= 11 is 2.22. The van der Waals surface area contributed by atoms with Gasteiger partial charge in [-0.15, -0.1) is 0 Å². The number of pyridine rings is 1. The first-order valence-electron chi connectivity index (χ1n) is 9.81. The molecule has 2 N–H and O–H groups in total. The summed E-state index contributed by atoms with van der Waals surface area (Å²) in [5.74, 6) is 0.899. The second kappa shape index (κ2) is 9.34.